The molecule has 1 aliphatic rings. The number of hydrogen-bond donors (Lipinski definition) is 0. The average Bonchev–Trinajstić information content (AvgIpc) is 2.99. The van der Waals surface area contributed by atoms with E-state index in [4.69, 9.17) is 9.47 Å². The Morgan fingerprint density at radius 3 is 2.14 bits per heavy atom. The van der Waals surface area contributed by atoms with Crippen molar-refractivity contribution in [2.75, 3.05) is 13.2 Å². The van der Waals surface area contributed by atoms with Crippen LogP contribution in [-0.2, 0) is 19.1 Å². The first-order valence-electron chi connectivity index (χ1n) is 14.6. The molecule has 0 fully saturated rings. The monoisotopic (exact) mass is 575 g/mol. The fourth-order valence-electron chi connectivity index (χ4n) is 5.07. The number of ether oxygens (including phenoxy) is 2. The smallest absolute Gasteiger partial charge is 0.350 e. The maximum Gasteiger partial charge on any atom is 0.350 e. The van der Waals surface area contributed by atoms with E-state index in [-0.39, 0.29) is 17.6 Å². The fourth-order valence-corrected chi connectivity index (χ4v) is 5.07. The summed E-state index contributed by atoms with van der Waals surface area (Å²) in [5.74, 6) is -1.58. The van der Waals surface area contributed by atoms with Crippen molar-refractivity contribution in [3.05, 3.63) is 136 Å². The van der Waals surface area contributed by atoms with Crippen molar-refractivity contribution >= 4 is 17.5 Å². The van der Waals surface area contributed by atoms with Crippen molar-refractivity contribution in [2.24, 2.45) is 5.41 Å². The predicted octanol–water partition coefficient (Wildman–Crippen LogP) is 8.63. The summed E-state index contributed by atoms with van der Waals surface area (Å²) in [6, 6.07) is 20.2. The van der Waals surface area contributed by atoms with Gasteiger partial charge in [0.1, 0.15) is 18.2 Å². The average molecular weight is 576 g/mol. The van der Waals surface area contributed by atoms with Crippen molar-refractivity contribution in [2.45, 2.75) is 53.9 Å². The molecule has 1 aliphatic carbocycles. The van der Waals surface area contributed by atoms with E-state index in [1.165, 1.54) is 30.4 Å². The number of hydrogen-bond acceptors (Lipinski definition) is 5. The molecular weight excluding hydrogens is 534 g/mol. The second-order valence-corrected chi connectivity index (χ2v) is 11.3. The quantitative estimate of drug-likeness (QED) is 0.116. The van der Waals surface area contributed by atoms with E-state index < -0.39 is 18.5 Å². The number of nitrogens with zero attached hydrogens (tertiary/aromatic N) is 1. The molecule has 0 radical (unpaired) electrons. The van der Waals surface area contributed by atoms with Gasteiger partial charge in [0.2, 0.25) is 0 Å². The summed E-state index contributed by atoms with van der Waals surface area (Å²) < 4.78 is 10.4. The van der Waals surface area contributed by atoms with Crippen molar-refractivity contribution < 1.29 is 19.1 Å². The van der Waals surface area contributed by atoms with Gasteiger partial charge in [-0.2, -0.15) is 5.26 Å². The summed E-state index contributed by atoms with van der Waals surface area (Å²) in [7, 11) is 0. The fraction of sp³-hybridized carbons (Fsp3) is 0.289. The van der Waals surface area contributed by atoms with Crippen molar-refractivity contribution in [3.8, 4) is 6.07 Å². The molecule has 0 saturated heterocycles. The van der Waals surface area contributed by atoms with Crippen LogP contribution in [0.4, 0.5) is 0 Å². The Kier molecular flexibility index (Phi) is 12.3. The number of rotatable bonds is 11. The largest absolute Gasteiger partial charge is 0.459 e. The lowest BCUT2D eigenvalue weighted by molar-refractivity contribution is -0.155. The van der Waals surface area contributed by atoms with Crippen LogP contribution in [0.15, 0.2) is 125 Å². The van der Waals surface area contributed by atoms with E-state index in [1.807, 2.05) is 91.9 Å². The molecule has 43 heavy (non-hydrogen) atoms. The van der Waals surface area contributed by atoms with Gasteiger partial charge in [-0.1, -0.05) is 122 Å². The Balaban J connectivity index is 1.54. The third-order valence-electron chi connectivity index (χ3n) is 7.44. The Morgan fingerprint density at radius 1 is 0.930 bits per heavy atom. The van der Waals surface area contributed by atoms with Gasteiger partial charge in [0, 0.05) is 5.57 Å². The molecule has 0 aliphatic heterocycles. The lowest BCUT2D eigenvalue weighted by Crippen LogP contribution is -2.19. The zero-order valence-electron chi connectivity index (χ0n) is 25.9. The molecule has 2 aromatic carbocycles. The van der Waals surface area contributed by atoms with Gasteiger partial charge in [0.15, 0.2) is 6.61 Å². The number of nitriles is 1. The zero-order valence-corrected chi connectivity index (χ0v) is 25.9. The molecule has 5 heteroatoms. The first-order valence-corrected chi connectivity index (χ1v) is 14.6. The van der Waals surface area contributed by atoms with Crippen LogP contribution >= 0.6 is 0 Å². The molecule has 0 spiro atoms. The van der Waals surface area contributed by atoms with Crippen LogP contribution in [0.1, 0.15) is 65.0 Å². The molecular formula is C38H41NO4. The minimum atomic E-state index is -0.883. The van der Waals surface area contributed by atoms with E-state index in [0.29, 0.717) is 16.7 Å². The number of benzene rings is 2. The number of allylic oxidation sites excluding steroid dienone is 9. The maximum absolute atomic E-state index is 12.9. The van der Waals surface area contributed by atoms with E-state index in [0.717, 1.165) is 11.1 Å². The van der Waals surface area contributed by atoms with Crippen LogP contribution in [0.2, 0.25) is 0 Å². The van der Waals surface area contributed by atoms with Gasteiger partial charge in [0.05, 0.1) is 0 Å². The van der Waals surface area contributed by atoms with Crippen LogP contribution in [0.25, 0.3) is 5.57 Å². The van der Waals surface area contributed by atoms with Crippen LogP contribution in [0, 0.1) is 16.7 Å². The van der Waals surface area contributed by atoms with E-state index in [1.54, 1.807) is 6.08 Å². The van der Waals surface area contributed by atoms with Gasteiger partial charge in [-0.05, 0) is 68.2 Å². The molecule has 0 saturated carbocycles. The first kappa shape index (κ1) is 32.8. The summed E-state index contributed by atoms with van der Waals surface area (Å²) in [6.07, 6.45) is 15.8. The molecule has 0 heterocycles. The molecule has 0 atom stereocenters. The minimum Gasteiger partial charge on any atom is -0.459 e. The molecule has 0 bridgehead atoms. The maximum atomic E-state index is 12.9. The number of carbonyl (C=O) groups is 2. The molecule has 0 aromatic heterocycles. The van der Waals surface area contributed by atoms with E-state index >= 15 is 0 Å². The SMILES string of the molecule is CC1=C(/C=C/C(C)=C\C=C\C(C)=C/COC(=O)COC(=O)C(C#N)=C(c2ccccc2)c2ccccc2)C(C)(C)CCC1. The van der Waals surface area contributed by atoms with Crippen LogP contribution < -0.4 is 0 Å². The van der Waals surface area contributed by atoms with Gasteiger partial charge in [-0.3, -0.25) is 0 Å². The van der Waals surface area contributed by atoms with Crippen molar-refractivity contribution in [1.82, 2.24) is 0 Å². The zero-order chi connectivity index (χ0) is 31.2. The Morgan fingerprint density at radius 2 is 1.56 bits per heavy atom. The molecule has 3 rings (SSSR count). The third kappa shape index (κ3) is 9.97. The Hall–Kier alpha value is -4.69. The lowest BCUT2D eigenvalue weighted by Gasteiger charge is -2.32. The number of carbonyl (C=O) groups excluding carboxylic acids is 2. The topological polar surface area (TPSA) is 76.4 Å². The van der Waals surface area contributed by atoms with Gasteiger partial charge < -0.3 is 9.47 Å². The van der Waals surface area contributed by atoms with E-state index in [9.17, 15) is 14.9 Å². The van der Waals surface area contributed by atoms with Gasteiger partial charge >= 0.3 is 11.9 Å². The summed E-state index contributed by atoms with van der Waals surface area (Å²) in [5, 5.41) is 9.83. The summed E-state index contributed by atoms with van der Waals surface area (Å²) in [5.41, 5.74) is 6.85. The van der Waals surface area contributed by atoms with Gasteiger partial charge in [0.25, 0.3) is 0 Å². The third-order valence-corrected chi connectivity index (χ3v) is 7.44. The molecule has 0 unspecified atom stereocenters. The highest BCUT2D eigenvalue weighted by atomic mass is 16.6. The van der Waals surface area contributed by atoms with E-state index in [2.05, 4.69) is 39.8 Å². The van der Waals surface area contributed by atoms with Crippen molar-refractivity contribution in [1.29, 1.82) is 5.26 Å². The molecule has 5 nitrogen and oxygen atoms in total. The normalized spacial score (nSPS) is 15.3. The summed E-state index contributed by atoms with van der Waals surface area (Å²) >= 11 is 0. The summed E-state index contributed by atoms with van der Waals surface area (Å²) in [4.78, 5) is 25.1. The van der Waals surface area contributed by atoms with Crippen LogP contribution in [-0.4, -0.2) is 25.2 Å². The van der Waals surface area contributed by atoms with Gasteiger partial charge in [-0.25, -0.2) is 9.59 Å². The highest BCUT2D eigenvalue weighted by Gasteiger charge is 2.26. The Bertz CT molecular complexity index is 1470. The van der Waals surface area contributed by atoms with Crippen molar-refractivity contribution in [3.63, 3.8) is 0 Å². The lowest BCUT2D eigenvalue weighted by atomic mass is 9.72. The van der Waals surface area contributed by atoms with Crippen LogP contribution in [0.5, 0.6) is 0 Å². The predicted molar refractivity (Wildman–Crippen MR) is 173 cm³/mol. The minimum absolute atomic E-state index is 0.0396. The molecule has 2 aromatic rings. The molecule has 0 amide bonds. The highest BCUT2D eigenvalue weighted by molar-refractivity contribution is 6.05. The summed E-state index contributed by atoms with van der Waals surface area (Å²) in [6.45, 7) is 10.3. The first-order chi connectivity index (χ1) is 20.6. The molecule has 0 N–H and O–H groups in total. The highest BCUT2D eigenvalue weighted by Crippen LogP contribution is 2.40. The second kappa shape index (κ2) is 16.1. The van der Waals surface area contributed by atoms with Gasteiger partial charge in [-0.15, -0.1) is 0 Å². The Labute approximate surface area is 256 Å². The second-order valence-electron chi connectivity index (χ2n) is 11.3. The number of esters is 2. The standard InChI is InChI=1S/C38H41NO4/c1-28(21-22-34-30(3)16-13-24-38(34,4)5)14-12-15-29(2)23-25-42-35(40)27-43-37(41)33(26-39)36(31-17-8-6-9-18-31)32-19-10-7-11-20-32/h6-12,14-15,17-23H,13,16,24-25,27H2,1-5H3/b15-12+,22-21+,28-14-,29-23-. The molecule has 222 valence electrons. The van der Waals surface area contributed by atoms with Crippen LogP contribution in [0.3, 0.4) is 0 Å².